The average molecular weight is 289 g/mol. The molecular weight excluding hydrogens is 266 g/mol. The maximum atomic E-state index is 12.3. The topological polar surface area (TPSA) is 66.4 Å². The zero-order valence-corrected chi connectivity index (χ0v) is 12.9. The molecule has 1 aliphatic rings. The van der Waals surface area contributed by atoms with Crippen molar-refractivity contribution in [1.82, 2.24) is 5.32 Å². The van der Waals surface area contributed by atoms with Gasteiger partial charge < -0.3 is 10.4 Å². The van der Waals surface area contributed by atoms with Gasteiger partial charge >= 0.3 is 5.97 Å². The number of carboxylic acid groups (broad SMARTS) is 1. The SMILES string of the molecule is CC(C)(C)[C@H](NC(=O)c1ccc2c(c1)CCCC2)C(=O)O. The zero-order chi connectivity index (χ0) is 15.6. The zero-order valence-electron chi connectivity index (χ0n) is 12.9. The standard InChI is InChI=1S/C17H23NO3/c1-17(2,3)14(16(20)21)18-15(19)13-9-8-11-6-4-5-7-12(11)10-13/h8-10,14H,4-7H2,1-3H3,(H,18,19)(H,20,21)/t14-/m1/s1. The molecule has 0 saturated heterocycles. The smallest absolute Gasteiger partial charge is 0.326 e. The summed E-state index contributed by atoms with van der Waals surface area (Å²) in [6.07, 6.45) is 4.41. The third kappa shape index (κ3) is 3.63. The van der Waals surface area contributed by atoms with E-state index < -0.39 is 17.4 Å². The van der Waals surface area contributed by atoms with Crippen LogP contribution in [-0.2, 0) is 17.6 Å². The fraction of sp³-hybridized carbons (Fsp3) is 0.529. The van der Waals surface area contributed by atoms with E-state index >= 15 is 0 Å². The number of carbonyl (C=O) groups excluding carboxylic acids is 1. The van der Waals surface area contributed by atoms with Crippen LogP contribution in [0.4, 0.5) is 0 Å². The maximum Gasteiger partial charge on any atom is 0.326 e. The molecule has 1 amide bonds. The van der Waals surface area contributed by atoms with Crippen molar-refractivity contribution >= 4 is 11.9 Å². The number of carboxylic acids is 1. The number of benzene rings is 1. The molecule has 21 heavy (non-hydrogen) atoms. The molecule has 1 aromatic rings. The number of fused-ring (bicyclic) bond motifs is 1. The van der Waals surface area contributed by atoms with Crippen LogP contribution in [0.25, 0.3) is 0 Å². The Bertz CT molecular complexity index is 558. The van der Waals surface area contributed by atoms with Crippen LogP contribution in [-0.4, -0.2) is 23.0 Å². The van der Waals surface area contributed by atoms with E-state index in [9.17, 15) is 14.7 Å². The Morgan fingerprint density at radius 1 is 1.14 bits per heavy atom. The summed E-state index contributed by atoms with van der Waals surface area (Å²) in [5.74, 6) is -1.32. The third-order valence-electron chi connectivity index (χ3n) is 4.00. The number of aliphatic carboxylic acids is 1. The van der Waals surface area contributed by atoms with Crippen molar-refractivity contribution < 1.29 is 14.7 Å². The second kappa shape index (κ2) is 5.88. The van der Waals surface area contributed by atoms with Crippen molar-refractivity contribution in [1.29, 1.82) is 0 Å². The molecule has 4 heteroatoms. The van der Waals surface area contributed by atoms with Gasteiger partial charge in [0, 0.05) is 5.56 Å². The Morgan fingerprint density at radius 2 is 1.76 bits per heavy atom. The first-order chi connectivity index (χ1) is 9.79. The molecule has 1 aliphatic carbocycles. The van der Waals surface area contributed by atoms with E-state index in [2.05, 4.69) is 5.32 Å². The number of aryl methyl sites for hydroxylation is 2. The van der Waals surface area contributed by atoms with Gasteiger partial charge in [-0.3, -0.25) is 4.79 Å². The second-order valence-corrected chi connectivity index (χ2v) is 6.80. The fourth-order valence-corrected chi connectivity index (χ4v) is 2.74. The van der Waals surface area contributed by atoms with E-state index in [1.54, 1.807) is 26.8 Å². The molecule has 0 aromatic heterocycles. The van der Waals surface area contributed by atoms with Gasteiger partial charge in [-0.1, -0.05) is 26.8 Å². The van der Waals surface area contributed by atoms with Gasteiger partial charge in [0.15, 0.2) is 0 Å². The van der Waals surface area contributed by atoms with Gasteiger partial charge in [0.1, 0.15) is 6.04 Å². The highest BCUT2D eigenvalue weighted by Gasteiger charge is 2.32. The molecule has 1 aromatic carbocycles. The Morgan fingerprint density at radius 3 is 2.33 bits per heavy atom. The minimum absolute atomic E-state index is 0.314. The summed E-state index contributed by atoms with van der Waals surface area (Å²) >= 11 is 0. The number of hydrogen-bond acceptors (Lipinski definition) is 2. The fourth-order valence-electron chi connectivity index (χ4n) is 2.74. The quantitative estimate of drug-likeness (QED) is 0.899. The lowest BCUT2D eigenvalue weighted by Gasteiger charge is -2.28. The molecule has 2 rings (SSSR count). The lowest BCUT2D eigenvalue weighted by Crippen LogP contribution is -2.49. The first-order valence-electron chi connectivity index (χ1n) is 7.44. The Labute approximate surface area is 125 Å². The van der Waals surface area contributed by atoms with Crippen LogP contribution in [0, 0.1) is 5.41 Å². The lowest BCUT2D eigenvalue weighted by atomic mass is 9.86. The van der Waals surface area contributed by atoms with Gasteiger partial charge in [-0.05, 0) is 54.4 Å². The predicted octanol–water partition coefficient (Wildman–Crippen LogP) is 2.79. The molecule has 1 atom stereocenters. The number of carbonyl (C=O) groups is 2. The van der Waals surface area contributed by atoms with Gasteiger partial charge in [0.05, 0.1) is 0 Å². The van der Waals surface area contributed by atoms with Crippen molar-refractivity contribution in [3.05, 3.63) is 34.9 Å². The van der Waals surface area contributed by atoms with Crippen molar-refractivity contribution in [2.75, 3.05) is 0 Å². The highest BCUT2D eigenvalue weighted by Crippen LogP contribution is 2.23. The third-order valence-corrected chi connectivity index (χ3v) is 4.00. The molecule has 0 bridgehead atoms. The average Bonchev–Trinajstić information content (AvgIpc) is 2.42. The van der Waals surface area contributed by atoms with Gasteiger partial charge in [0.25, 0.3) is 5.91 Å². The molecule has 0 spiro atoms. The predicted molar refractivity (Wildman–Crippen MR) is 81.4 cm³/mol. The van der Waals surface area contributed by atoms with E-state index in [1.165, 1.54) is 17.5 Å². The highest BCUT2D eigenvalue weighted by molar-refractivity contribution is 5.97. The van der Waals surface area contributed by atoms with Crippen LogP contribution >= 0.6 is 0 Å². The van der Waals surface area contributed by atoms with Crippen molar-refractivity contribution in [2.45, 2.75) is 52.5 Å². The van der Waals surface area contributed by atoms with Crippen LogP contribution in [0.1, 0.15) is 55.1 Å². The van der Waals surface area contributed by atoms with E-state index in [1.807, 2.05) is 12.1 Å². The summed E-state index contributed by atoms with van der Waals surface area (Å²) in [5, 5.41) is 11.9. The van der Waals surface area contributed by atoms with Crippen LogP contribution in [0.15, 0.2) is 18.2 Å². The first-order valence-corrected chi connectivity index (χ1v) is 7.44. The molecule has 0 aliphatic heterocycles. The minimum atomic E-state index is -1.01. The lowest BCUT2D eigenvalue weighted by molar-refractivity contribution is -0.142. The Balaban J connectivity index is 2.18. The number of amides is 1. The normalized spacial score (nSPS) is 16.0. The number of nitrogens with one attached hydrogen (secondary N) is 1. The minimum Gasteiger partial charge on any atom is -0.480 e. The number of rotatable bonds is 3. The summed E-state index contributed by atoms with van der Waals surface area (Å²) < 4.78 is 0. The van der Waals surface area contributed by atoms with E-state index in [4.69, 9.17) is 0 Å². The molecule has 0 fully saturated rings. The maximum absolute atomic E-state index is 12.3. The van der Waals surface area contributed by atoms with Gasteiger partial charge in [-0.15, -0.1) is 0 Å². The van der Waals surface area contributed by atoms with E-state index in [0.717, 1.165) is 19.3 Å². The van der Waals surface area contributed by atoms with E-state index in [0.29, 0.717) is 5.56 Å². The summed E-state index contributed by atoms with van der Waals surface area (Å²) in [6, 6.07) is 4.80. The Hall–Kier alpha value is -1.84. The summed E-state index contributed by atoms with van der Waals surface area (Å²) in [5.41, 5.74) is 2.54. The van der Waals surface area contributed by atoms with Gasteiger partial charge in [-0.25, -0.2) is 4.79 Å². The summed E-state index contributed by atoms with van der Waals surface area (Å²) in [4.78, 5) is 23.6. The van der Waals surface area contributed by atoms with Crippen molar-refractivity contribution in [2.24, 2.45) is 5.41 Å². The monoisotopic (exact) mass is 289 g/mol. The molecular formula is C17H23NO3. The highest BCUT2D eigenvalue weighted by atomic mass is 16.4. The van der Waals surface area contributed by atoms with Gasteiger partial charge in [0.2, 0.25) is 0 Å². The largest absolute Gasteiger partial charge is 0.480 e. The number of hydrogen-bond donors (Lipinski definition) is 2. The summed E-state index contributed by atoms with van der Waals surface area (Å²) in [6.45, 7) is 5.41. The van der Waals surface area contributed by atoms with Gasteiger partial charge in [-0.2, -0.15) is 0 Å². The molecule has 114 valence electrons. The van der Waals surface area contributed by atoms with Crippen molar-refractivity contribution in [3.8, 4) is 0 Å². The summed E-state index contributed by atoms with van der Waals surface area (Å²) in [7, 11) is 0. The second-order valence-electron chi connectivity index (χ2n) is 6.80. The molecule has 4 nitrogen and oxygen atoms in total. The van der Waals surface area contributed by atoms with Crippen LogP contribution < -0.4 is 5.32 Å². The molecule has 0 heterocycles. The molecule has 0 unspecified atom stereocenters. The van der Waals surface area contributed by atoms with E-state index in [-0.39, 0.29) is 5.91 Å². The Kier molecular flexibility index (Phi) is 4.35. The molecule has 2 N–H and O–H groups in total. The first kappa shape index (κ1) is 15.5. The van der Waals surface area contributed by atoms with Crippen LogP contribution in [0.3, 0.4) is 0 Å². The van der Waals surface area contributed by atoms with Crippen molar-refractivity contribution in [3.63, 3.8) is 0 Å². The van der Waals surface area contributed by atoms with Crippen LogP contribution in [0.2, 0.25) is 0 Å². The molecule has 0 saturated carbocycles. The van der Waals surface area contributed by atoms with Crippen LogP contribution in [0.5, 0.6) is 0 Å². The molecule has 0 radical (unpaired) electrons.